The van der Waals surface area contributed by atoms with Crippen LogP contribution in [-0.2, 0) is 10.8 Å². The van der Waals surface area contributed by atoms with Crippen molar-refractivity contribution in [2.45, 2.75) is 26.0 Å². The van der Waals surface area contributed by atoms with E-state index in [1.807, 2.05) is 13.8 Å². The van der Waals surface area contributed by atoms with Crippen LogP contribution in [0.15, 0.2) is 0 Å². The molecule has 0 fully saturated rings. The first-order valence-corrected chi connectivity index (χ1v) is 5.14. The lowest BCUT2D eigenvalue weighted by molar-refractivity contribution is 0.670. The van der Waals surface area contributed by atoms with Crippen molar-refractivity contribution in [1.29, 1.82) is 0 Å². The highest BCUT2D eigenvalue weighted by Crippen LogP contribution is 1.91. The second-order valence-electron chi connectivity index (χ2n) is 2.49. The zero-order valence-electron chi connectivity index (χ0n) is 7.02. The molecule has 0 saturated carbocycles. The summed E-state index contributed by atoms with van der Waals surface area (Å²) in [5.41, 5.74) is 0. The lowest BCUT2D eigenvalue weighted by Gasteiger charge is -2.04. The fourth-order valence-electron chi connectivity index (χ4n) is 0.585. The molecule has 0 radical (unpaired) electrons. The second-order valence-corrected chi connectivity index (χ2v) is 4.60. The Morgan fingerprint density at radius 2 is 2.10 bits per heavy atom. The number of hydrogen-bond donors (Lipinski definition) is 1. The van der Waals surface area contributed by atoms with E-state index < -0.39 is 10.8 Å². The number of nitrogens with one attached hydrogen (secondary N) is 1. The molecule has 0 aliphatic carbocycles. The molecule has 1 unspecified atom stereocenters. The van der Waals surface area contributed by atoms with Gasteiger partial charge in [0.15, 0.2) is 0 Å². The van der Waals surface area contributed by atoms with Crippen LogP contribution >= 0.6 is 0 Å². The Morgan fingerprint density at radius 1 is 1.50 bits per heavy atom. The Balaban J connectivity index is 3.22. The third kappa shape index (κ3) is 4.94. The van der Waals surface area contributed by atoms with Crippen molar-refractivity contribution in [3.8, 4) is 0 Å². The summed E-state index contributed by atoms with van der Waals surface area (Å²) >= 11 is 0. The Kier molecular flexibility index (Phi) is 5.93. The maximum atomic E-state index is 11.1. The van der Waals surface area contributed by atoms with Gasteiger partial charge < -0.3 is 5.32 Å². The molecule has 1 atom stereocenters. The van der Waals surface area contributed by atoms with Gasteiger partial charge in [-0.1, -0.05) is 20.8 Å². The summed E-state index contributed by atoms with van der Waals surface area (Å²) in [6.45, 7) is 7.87. The molecule has 0 rings (SSSR count). The van der Waals surface area contributed by atoms with Gasteiger partial charge in [-0.2, -0.15) is 0 Å². The molecule has 0 aromatic rings. The molecule has 0 aliphatic rings. The summed E-state index contributed by atoms with van der Waals surface area (Å²) in [5, 5.41) is 3.45. The Bertz CT molecular complexity index is 104. The molecule has 1 N–H and O–H groups in total. The van der Waals surface area contributed by atoms with Gasteiger partial charge in [0.1, 0.15) is 0 Å². The monoisotopic (exact) mass is 163 g/mol. The van der Waals surface area contributed by atoms with Crippen LogP contribution in [0.5, 0.6) is 0 Å². The van der Waals surface area contributed by atoms with Gasteiger partial charge in [-0.25, -0.2) is 0 Å². The molecule has 0 heterocycles. The topological polar surface area (TPSA) is 29.1 Å². The van der Waals surface area contributed by atoms with E-state index in [1.165, 1.54) is 0 Å². The SMILES string of the molecule is CCNCCS(=O)C(C)C. The maximum Gasteiger partial charge on any atom is 0.0362 e. The molecule has 3 heteroatoms. The van der Waals surface area contributed by atoms with Crippen LogP contribution in [0.2, 0.25) is 0 Å². The lowest BCUT2D eigenvalue weighted by Crippen LogP contribution is -2.22. The van der Waals surface area contributed by atoms with Gasteiger partial charge in [0.25, 0.3) is 0 Å². The average molecular weight is 163 g/mol. The fraction of sp³-hybridized carbons (Fsp3) is 1.00. The van der Waals surface area contributed by atoms with E-state index in [9.17, 15) is 4.21 Å². The molecule has 0 aliphatic heterocycles. The molecular weight excluding hydrogens is 146 g/mol. The Morgan fingerprint density at radius 3 is 2.50 bits per heavy atom. The molecule has 0 spiro atoms. The minimum Gasteiger partial charge on any atom is -0.316 e. The van der Waals surface area contributed by atoms with Crippen molar-refractivity contribution >= 4 is 10.8 Å². The molecule has 10 heavy (non-hydrogen) atoms. The van der Waals surface area contributed by atoms with Crippen molar-refractivity contribution in [3.05, 3.63) is 0 Å². The van der Waals surface area contributed by atoms with Crippen LogP contribution in [0, 0.1) is 0 Å². The zero-order valence-corrected chi connectivity index (χ0v) is 7.83. The van der Waals surface area contributed by atoms with E-state index in [1.54, 1.807) is 0 Å². The molecule has 0 saturated heterocycles. The van der Waals surface area contributed by atoms with Crippen LogP contribution in [0.25, 0.3) is 0 Å². The van der Waals surface area contributed by atoms with E-state index in [0.29, 0.717) is 5.25 Å². The first kappa shape index (κ1) is 10.1. The van der Waals surface area contributed by atoms with Gasteiger partial charge in [0, 0.05) is 28.3 Å². The summed E-state index contributed by atoms with van der Waals surface area (Å²) in [6.07, 6.45) is 0. The smallest absolute Gasteiger partial charge is 0.0362 e. The minimum absolute atomic E-state index is 0.304. The highest BCUT2D eigenvalue weighted by molar-refractivity contribution is 7.85. The lowest BCUT2D eigenvalue weighted by atomic mass is 10.6. The quantitative estimate of drug-likeness (QED) is 0.606. The summed E-state index contributed by atoms with van der Waals surface area (Å²) in [7, 11) is -0.636. The standard InChI is InChI=1S/C7H17NOS/c1-4-8-5-6-10(9)7(2)3/h7-8H,4-6H2,1-3H3. The van der Waals surface area contributed by atoms with Gasteiger partial charge in [0.05, 0.1) is 0 Å². The molecule has 0 aromatic heterocycles. The third-order valence-electron chi connectivity index (χ3n) is 1.26. The molecule has 0 bridgehead atoms. The van der Waals surface area contributed by atoms with Gasteiger partial charge in [-0.3, -0.25) is 4.21 Å². The molecular formula is C7H17NOS. The van der Waals surface area contributed by atoms with Gasteiger partial charge in [0.2, 0.25) is 0 Å². The second kappa shape index (κ2) is 5.86. The highest BCUT2D eigenvalue weighted by Gasteiger charge is 2.02. The van der Waals surface area contributed by atoms with E-state index in [4.69, 9.17) is 0 Å². The molecule has 0 amide bonds. The van der Waals surface area contributed by atoms with E-state index in [-0.39, 0.29) is 0 Å². The Labute approximate surface area is 65.9 Å². The van der Waals surface area contributed by atoms with Crippen LogP contribution in [-0.4, -0.2) is 28.3 Å². The maximum absolute atomic E-state index is 11.1. The first-order valence-electron chi connectivity index (χ1n) is 3.76. The Hall–Kier alpha value is 0.110. The van der Waals surface area contributed by atoms with Crippen LogP contribution in [0.1, 0.15) is 20.8 Å². The minimum atomic E-state index is -0.636. The van der Waals surface area contributed by atoms with Gasteiger partial charge in [-0.05, 0) is 6.54 Å². The summed E-state index contributed by atoms with van der Waals surface area (Å²) < 4.78 is 11.1. The predicted octanol–water partition coefficient (Wildman–Crippen LogP) is 0.753. The summed E-state index contributed by atoms with van der Waals surface area (Å²) in [5.74, 6) is 0.783. The number of hydrogen-bond acceptors (Lipinski definition) is 2. The van der Waals surface area contributed by atoms with Crippen molar-refractivity contribution in [2.24, 2.45) is 0 Å². The summed E-state index contributed by atoms with van der Waals surface area (Å²) in [6, 6.07) is 0. The van der Waals surface area contributed by atoms with Gasteiger partial charge in [-0.15, -0.1) is 0 Å². The first-order chi connectivity index (χ1) is 4.68. The average Bonchev–Trinajstić information content (AvgIpc) is 1.88. The van der Waals surface area contributed by atoms with Crippen LogP contribution in [0.4, 0.5) is 0 Å². The fourth-order valence-corrected chi connectivity index (χ4v) is 1.40. The van der Waals surface area contributed by atoms with Crippen molar-refractivity contribution < 1.29 is 4.21 Å². The zero-order chi connectivity index (χ0) is 7.98. The van der Waals surface area contributed by atoms with Gasteiger partial charge >= 0.3 is 0 Å². The van der Waals surface area contributed by atoms with E-state index >= 15 is 0 Å². The summed E-state index contributed by atoms with van der Waals surface area (Å²) in [4.78, 5) is 0. The van der Waals surface area contributed by atoms with E-state index in [2.05, 4.69) is 12.2 Å². The molecule has 0 aromatic carbocycles. The largest absolute Gasteiger partial charge is 0.316 e. The highest BCUT2D eigenvalue weighted by atomic mass is 32.2. The predicted molar refractivity (Wildman–Crippen MR) is 46.7 cm³/mol. The molecule has 62 valence electrons. The van der Waals surface area contributed by atoms with Crippen molar-refractivity contribution in [2.75, 3.05) is 18.8 Å². The number of rotatable bonds is 5. The van der Waals surface area contributed by atoms with Crippen molar-refractivity contribution in [1.82, 2.24) is 5.32 Å². The van der Waals surface area contributed by atoms with Crippen LogP contribution < -0.4 is 5.32 Å². The molecule has 2 nitrogen and oxygen atoms in total. The normalized spacial score (nSPS) is 14.0. The van der Waals surface area contributed by atoms with Crippen molar-refractivity contribution in [3.63, 3.8) is 0 Å². The van der Waals surface area contributed by atoms with E-state index in [0.717, 1.165) is 18.8 Å². The third-order valence-corrected chi connectivity index (χ3v) is 2.91. The van der Waals surface area contributed by atoms with Crippen LogP contribution in [0.3, 0.4) is 0 Å².